The lowest BCUT2D eigenvalue weighted by Gasteiger charge is -2.47. The maximum absolute atomic E-state index is 12.8. The molecule has 0 aromatic rings. The fourth-order valence-corrected chi connectivity index (χ4v) is 7.31. The molecular weight excluding hydrogens is 408 g/mol. The van der Waals surface area contributed by atoms with E-state index in [-0.39, 0.29) is 11.3 Å². The van der Waals surface area contributed by atoms with Crippen molar-refractivity contribution >= 4 is 0 Å². The van der Waals surface area contributed by atoms with E-state index in [0.717, 1.165) is 24.1 Å². The number of rotatable bonds is 5. The fraction of sp³-hybridized carbons (Fsp3) is 0.778. The second kappa shape index (κ2) is 9.31. The van der Waals surface area contributed by atoms with Gasteiger partial charge in [-0.2, -0.15) is 0 Å². The Hall–Kier alpha value is -1.04. The first-order valence-electron chi connectivity index (χ1n) is 12.6. The lowest BCUT2D eigenvalue weighted by molar-refractivity contribution is -0.0381. The highest BCUT2D eigenvalue weighted by Gasteiger charge is 2.51. The summed E-state index contributed by atoms with van der Waals surface area (Å²) in [6.07, 6.45) is 7.47. The van der Waals surface area contributed by atoms with Gasteiger partial charge in [0.15, 0.2) is 0 Å². The van der Waals surface area contributed by atoms with Crippen molar-refractivity contribution in [1.29, 1.82) is 0 Å². The van der Waals surface area contributed by atoms with Crippen LogP contribution in [0.1, 0.15) is 59.3 Å². The monoisotopic (exact) mass is 449 g/mol. The first kappa shape index (κ1) is 24.1. The number of aliphatic hydroxyl groups excluding tert-OH is 2. The van der Waals surface area contributed by atoms with Crippen molar-refractivity contribution in [3.05, 3.63) is 35.5 Å². The third kappa shape index (κ3) is 4.37. The minimum Gasteiger partial charge on any atom is -0.392 e. The summed E-state index contributed by atoms with van der Waals surface area (Å²) in [5.74, 6) is 1.11. The average Bonchev–Trinajstić information content (AvgIpc) is 3.07. The van der Waals surface area contributed by atoms with E-state index in [1.54, 1.807) is 0 Å². The van der Waals surface area contributed by atoms with Crippen LogP contribution in [0.15, 0.2) is 35.5 Å². The van der Waals surface area contributed by atoms with E-state index < -0.39 is 24.6 Å². The van der Waals surface area contributed by atoms with Crippen LogP contribution >= 0.6 is 0 Å². The van der Waals surface area contributed by atoms with Gasteiger partial charge >= 0.3 is 0 Å². The number of nitrogens with zero attached hydrogens (tertiary/aromatic N) is 1. The second-order valence-electron chi connectivity index (χ2n) is 11.4. The molecule has 32 heavy (non-hydrogen) atoms. The number of allylic oxidation sites excluding steroid dienone is 3. The van der Waals surface area contributed by atoms with Crippen LogP contribution in [0, 0.1) is 35.0 Å². The van der Waals surface area contributed by atoms with Gasteiger partial charge in [0.25, 0.3) is 0 Å². The van der Waals surface area contributed by atoms with E-state index >= 15 is 0 Å². The smallest absolute Gasteiger partial charge is 0.243 e. The minimum absolute atomic E-state index is 0.176. The topological polar surface area (TPSA) is 43.7 Å². The molecule has 1 aliphatic heterocycles. The zero-order valence-corrected chi connectivity index (χ0v) is 19.9. The van der Waals surface area contributed by atoms with Gasteiger partial charge in [0.05, 0.1) is 12.2 Å². The van der Waals surface area contributed by atoms with Crippen molar-refractivity contribution in [2.75, 3.05) is 19.6 Å². The predicted molar refractivity (Wildman–Crippen MR) is 124 cm³/mol. The third-order valence-electron chi connectivity index (χ3n) is 9.41. The number of hydrogen-bond donors (Lipinski definition) is 2. The van der Waals surface area contributed by atoms with E-state index in [4.69, 9.17) is 0 Å². The number of hydrogen-bond acceptors (Lipinski definition) is 3. The lowest BCUT2D eigenvalue weighted by Crippen LogP contribution is -2.52. The molecule has 180 valence electrons. The molecule has 0 amide bonds. The van der Waals surface area contributed by atoms with Gasteiger partial charge in [-0.3, -0.25) is 0 Å². The van der Waals surface area contributed by atoms with Crippen LogP contribution < -0.4 is 0 Å². The van der Waals surface area contributed by atoms with Crippen molar-refractivity contribution in [2.45, 2.75) is 77.9 Å². The Bertz CT molecular complexity index is 772. The summed E-state index contributed by atoms with van der Waals surface area (Å²) in [5.41, 5.74) is 3.48. The van der Waals surface area contributed by atoms with Crippen LogP contribution in [0.4, 0.5) is 8.78 Å². The quantitative estimate of drug-likeness (QED) is 0.606. The highest BCUT2D eigenvalue weighted by Crippen LogP contribution is 2.59. The third-order valence-corrected chi connectivity index (χ3v) is 9.41. The molecule has 3 saturated carbocycles. The SMILES string of the molecule is C=C1C(=CC=C2CCC[C@]3(C)[C@@H](C(C)CN4CC(C(F)F)C4)CC[C@@H]23)C[C@@H](O)[C@H](C)[C@@H]1O. The van der Waals surface area contributed by atoms with Crippen LogP contribution in [0.5, 0.6) is 0 Å². The molecule has 4 fully saturated rings. The standard InChI is InChI=1S/C27H41F2NO2/c1-16(13-30-14-21(15-30)26(28)29)22-9-10-23-19(6-5-11-27(22,23)4)7-8-20-12-24(31)18(3)25(32)17(20)2/h7-8,16,18,21-26,31-32H,2,5-6,9-15H2,1,3-4H3/t16?,18-,22+,23-,24+,25+,27+/m0/s1. The van der Waals surface area contributed by atoms with E-state index in [2.05, 4.69) is 37.5 Å². The van der Waals surface area contributed by atoms with E-state index in [9.17, 15) is 19.0 Å². The summed E-state index contributed by atoms with van der Waals surface area (Å²) in [4.78, 5) is 2.22. The number of likely N-dealkylation sites (tertiary alicyclic amines) is 1. The van der Waals surface area contributed by atoms with Gasteiger partial charge < -0.3 is 15.1 Å². The number of fused-ring (bicyclic) bond motifs is 1. The Morgan fingerprint density at radius 3 is 2.62 bits per heavy atom. The minimum atomic E-state index is -2.18. The molecule has 0 aromatic heterocycles. The first-order valence-corrected chi connectivity index (χ1v) is 12.6. The maximum Gasteiger partial charge on any atom is 0.243 e. The summed E-state index contributed by atoms with van der Waals surface area (Å²) < 4.78 is 25.7. The summed E-state index contributed by atoms with van der Waals surface area (Å²) in [6, 6.07) is 0. The normalized spacial score (nSPS) is 42.5. The van der Waals surface area contributed by atoms with Gasteiger partial charge in [-0.25, -0.2) is 8.78 Å². The van der Waals surface area contributed by atoms with Crippen LogP contribution in [0.2, 0.25) is 0 Å². The largest absolute Gasteiger partial charge is 0.392 e. The zero-order chi connectivity index (χ0) is 23.2. The number of alkyl halides is 2. The van der Waals surface area contributed by atoms with Crippen molar-refractivity contribution < 1.29 is 19.0 Å². The molecule has 5 heteroatoms. The number of halogens is 2. The molecule has 3 aliphatic carbocycles. The maximum atomic E-state index is 12.8. The molecule has 0 spiro atoms. The molecular formula is C27H41F2NO2. The summed E-state index contributed by atoms with van der Waals surface area (Å²) in [6.45, 7) is 12.8. The van der Waals surface area contributed by atoms with Crippen LogP contribution in [0.3, 0.4) is 0 Å². The zero-order valence-electron chi connectivity index (χ0n) is 19.9. The summed E-state index contributed by atoms with van der Waals surface area (Å²) >= 11 is 0. The molecule has 1 saturated heterocycles. The molecule has 3 nitrogen and oxygen atoms in total. The fourth-order valence-electron chi connectivity index (χ4n) is 7.31. The highest BCUT2D eigenvalue weighted by molar-refractivity contribution is 5.39. The Balaban J connectivity index is 1.44. The van der Waals surface area contributed by atoms with Crippen molar-refractivity contribution in [1.82, 2.24) is 4.90 Å². The molecule has 0 aromatic carbocycles. The van der Waals surface area contributed by atoms with Gasteiger partial charge in [0.2, 0.25) is 6.43 Å². The predicted octanol–water partition coefficient (Wildman–Crippen LogP) is 5.21. The lowest BCUT2D eigenvalue weighted by atomic mass is 9.61. The van der Waals surface area contributed by atoms with Crippen molar-refractivity contribution in [3.63, 3.8) is 0 Å². The Morgan fingerprint density at radius 1 is 1.22 bits per heavy atom. The average molecular weight is 450 g/mol. The van der Waals surface area contributed by atoms with Crippen molar-refractivity contribution in [3.8, 4) is 0 Å². The van der Waals surface area contributed by atoms with Gasteiger partial charge in [-0.15, -0.1) is 0 Å². The Kier molecular flexibility index (Phi) is 7.01. The van der Waals surface area contributed by atoms with Gasteiger partial charge in [0.1, 0.15) is 0 Å². The molecule has 7 atom stereocenters. The highest BCUT2D eigenvalue weighted by atomic mass is 19.3. The molecule has 0 bridgehead atoms. The second-order valence-corrected chi connectivity index (χ2v) is 11.4. The molecule has 2 N–H and O–H groups in total. The molecule has 0 radical (unpaired) electrons. The van der Waals surface area contributed by atoms with Crippen molar-refractivity contribution in [2.24, 2.45) is 35.0 Å². The van der Waals surface area contributed by atoms with Gasteiger partial charge in [0, 0.05) is 31.5 Å². The molecule has 4 aliphatic rings. The molecule has 4 rings (SSSR count). The Morgan fingerprint density at radius 2 is 1.94 bits per heavy atom. The van der Waals surface area contributed by atoms with E-state index in [0.29, 0.717) is 37.3 Å². The van der Waals surface area contributed by atoms with Crippen LogP contribution in [0.25, 0.3) is 0 Å². The number of aliphatic hydroxyl groups is 2. The van der Waals surface area contributed by atoms with Crippen LogP contribution in [-0.2, 0) is 0 Å². The van der Waals surface area contributed by atoms with E-state index in [1.165, 1.54) is 31.3 Å². The van der Waals surface area contributed by atoms with E-state index in [1.807, 2.05) is 6.92 Å². The van der Waals surface area contributed by atoms with Gasteiger partial charge in [-0.1, -0.05) is 45.1 Å². The first-order chi connectivity index (χ1) is 15.1. The summed E-state index contributed by atoms with van der Waals surface area (Å²) in [7, 11) is 0. The summed E-state index contributed by atoms with van der Waals surface area (Å²) in [5, 5.41) is 20.7. The van der Waals surface area contributed by atoms with Crippen LogP contribution in [-0.4, -0.2) is 53.4 Å². The Labute approximate surface area is 192 Å². The molecule has 1 heterocycles. The van der Waals surface area contributed by atoms with Gasteiger partial charge in [-0.05, 0) is 72.8 Å². The molecule has 1 unspecified atom stereocenters.